The lowest BCUT2D eigenvalue weighted by Gasteiger charge is -2.24. The predicted octanol–water partition coefficient (Wildman–Crippen LogP) is 5.22. The summed E-state index contributed by atoms with van der Waals surface area (Å²) in [6.45, 7) is 5.50. The SMILES string of the molecule is CC(C)Cn1c(CN(CC2CC2)C(=O)c2cccc(Cl)c2)cnc1S(=O)(=O)Cc1ccccc1. The van der Waals surface area contributed by atoms with E-state index in [1.165, 1.54) is 0 Å². The quantitative estimate of drug-likeness (QED) is 0.383. The topological polar surface area (TPSA) is 72.3 Å². The van der Waals surface area contributed by atoms with Gasteiger partial charge in [-0.15, -0.1) is 0 Å². The Morgan fingerprint density at radius 1 is 1.15 bits per heavy atom. The molecular formula is C26H30ClN3O3S. The van der Waals surface area contributed by atoms with Crippen LogP contribution in [0, 0.1) is 11.8 Å². The average Bonchev–Trinajstić information content (AvgIpc) is 3.52. The van der Waals surface area contributed by atoms with Crippen molar-refractivity contribution in [1.82, 2.24) is 14.5 Å². The molecule has 1 aliphatic carbocycles. The molecule has 0 aliphatic heterocycles. The number of imidazole rings is 1. The maximum Gasteiger partial charge on any atom is 0.254 e. The Morgan fingerprint density at radius 3 is 2.53 bits per heavy atom. The van der Waals surface area contributed by atoms with E-state index in [9.17, 15) is 13.2 Å². The lowest BCUT2D eigenvalue weighted by molar-refractivity contribution is 0.0730. The monoisotopic (exact) mass is 499 g/mol. The number of rotatable bonds is 10. The summed E-state index contributed by atoms with van der Waals surface area (Å²) in [6, 6.07) is 16.1. The fraction of sp³-hybridized carbons (Fsp3) is 0.385. The molecule has 0 spiro atoms. The second kappa shape index (κ2) is 10.3. The lowest BCUT2D eigenvalue weighted by Crippen LogP contribution is -2.33. The van der Waals surface area contributed by atoms with Crippen molar-refractivity contribution in [3.63, 3.8) is 0 Å². The van der Waals surface area contributed by atoms with Gasteiger partial charge in [-0.1, -0.05) is 61.8 Å². The van der Waals surface area contributed by atoms with Crippen LogP contribution in [0.3, 0.4) is 0 Å². The molecule has 1 aromatic heterocycles. The number of amides is 1. The molecular weight excluding hydrogens is 470 g/mol. The number of benzene rings is 2. The van der Waals surface area contributed by atoms with Gasteiger partial charge in [-0.3, -0.25) is 4.79 Å². The molecule has 0 bridgehead atoms. The number of nitrogens with zero attached hydrogens (tertiary/aromatic N) is 3. The number of sulfone groups is 1. The molecule has 34 heavy (non-hydrogen) atoms. The first-order valence-electron chi connectivity index (χ1n) is 11.6. The summed E-state index contributed by atoms with van der Waals surface area (Å²) in [5.74, 6) is 0.459. The number of aromatic nitrogens is 2. The van der Waals surface area contributed by atoms with Gasteiger partial charge in [-0.05, 0) is 48.4 Å². The highest BCUT2D eigenvalue weighted by Gasteiger charge is 2.30. The van der Waals surface area contributed by atoms with E-state index in [0.29, 0.717) is 36.1 Å². The number of carbonyl (C=O) groups excluding carboxylic acids is 1. The molecule has 3 aromatic rings. The van der Waals surface area contributed by atoms with Crippen LogP contribution in [0.15, 0.2) is 66.0 Å². The minimum atomic E-state index is -3.66. The van der Waals surface area contributed by atoms with Crippen LogP contribution in [0.5, 0.6) is 0 Å². The minimum Gasteiger partial charge on any atom is -0.332 e. The lowest BCUT2D eigenvalue weighted by atomic mass is 10.2. The Labute approximate surface area is 206 Å². The minimum absolute atomic E-state index is 0.0571. The molecule has 0 atom stereocenters. The van der Waals surface area contributed by atoms with E-state index in [1.54, 1.807) is 52.1 Å². The first kappa shape index (κ1) is 24.5. The summed E-state index contributed by atoms with van der Waals surface area (Å²) in [5, 5.41) is 0.568. The van der Waals surface area contributed by atoms with Crippen LogP contribution < -0.4 is 0 Å². The van der Waals surface area contributed by atoms with Crippen molar-refractivity contribution in [2.24, 2.45) is 11.8 Å². The van der Waals surface area contributed by atoms with Crippen molar-refractivity contribution in [3.8, 4) is 0 Å². The van der Waals surface area contributed by atoms with E-state index >= 15 is 0 Å². The van der Waals surface area contributed by atoms with E-state index < -0.39 is 9.84 Å². The molecule has 1 amide bonds. The normalized spacial score (nSPS) is 13.9. The van der Waals surface area contributed by atoms with E-state index in [0.717, 1.165) is 24.1 Å². The number of hydrogen-bond donors (Lipinski definition) is 0. The van der Waals surface area contributed by atoms with E-state index in [4.69, 9.17) is 11.6 Å². The zero-order valence-corrected chi connectivity index (χ0v) is 21.1. The second-order valence-electron chi connectivity index (χ2n) is 9.42. The smallest absolute Gasteiger partial charge is 0.254 e. The van der Waals surface area contributed by atoms with E-state index in [1.807, 2.05) is 32.0 Å². The largest absolute Gasteiger partial charge is 0.332 e. The third-order valence-corrected chi connectivity index (χ3v) is 7.64. The third kappa shape index (κ3) is 6.07. The van der Waals surface area contributed by atoms with Gasteiger partial charge in [0.2, 0.25) is 15.0 Å². The standard InChI is InChI=1S/C26H30ClN3O3S/c1-19(2)15-30-24(14-28-26(30)34(32,33)18-21-7-4-3-5-8-21)17-29(16-20-11-12-20)25(31)22-9-6-10-23(27)13-22/h3-10,13-14,19-20H,11-12,15-18H2,1-2H3. The Bertz CT molecular complexity index is 1250. The molecule has 0 radical (unpaired) electrons. The van der Waals surface area contributed by atoms with Crippen LogP contribution in [0.1, 0.15) is 48.3 Å². The first-order valence-corrected chi connectivity index (χ1v) is 13.6. The highest BCUT2D eigenvalue weighted by molar-refractivity contribution is 7.90. The van der Waals surface area contributed by atoms with Gasteiger partial charge < -0.3 is 9.47 Å². The summed E-state index contributed by atoms with van der Waals surface area (Å²) < 4.78 is 28.4. The van der Waals surface area contributed by atoms with Gasteiger partial charge in [0.05, 0.1) is 24.2 Å². The molecule has 8 heteroatoms. The van der Waals surface area contributed by atoms with Crippen molar-refractivity contribution >= 4 is 27.3 Å². The van der Waals surface area contributed by atoms with E-state index in [-0.39, 0.29) is 22.7 Å². The average molecular weight is 500 g/mol. The molecule has 2 aromatic carbocycles. The summed E-state index contributed by atoms with van der Waals surface area (Å²) in [7, 11) is -3.66. The zero-order valence-electron chi connectivity index (χ0n) is 19.5. The van der Waals surface area contributed by atoms with Gasteiger partial charge in [-0.2, -0.15) is 0 Å². The van der Waals surface area contributed by atoms with Gasteiger partial charge in [0.1, 0.15) is 0 Å². The van der Waals surface area contributed by atoms with Crippen molar-refractivity contribution in [1.29, 1.82) is 0 Å². The summed E-state index contributed by atoms with van der Waals surface area (Å²) >= 11 is 6.12. The maximum atomic E-state index is 13.4. The van der Waals surface area contributed by atoms with Gasteiger partial charge in [-0.25, -0.2) is 13.4 Å². The Morgan fingerprint density at radius 2 is 1.88 bits per heavy atom. The molecule has 0 saturated heterocycles. The van der Waals surface area contributed by atoms with Crippen LogP contribution in [-0.4, -0.2) is 35.3 Å². The summed E-state index contributed by atoms with van der Waals surface area (Å²) in [5.41, 5.74) is 1.96. The van der Waals surface area contributed by atoms with Gasteiger partial charge in [0.25, 0.3) is 5.91 Å². The third-order valence-electron chi connectivity index (χ3n) is 5.81. The molecule has 4 rings (SSSR count). The molecule has 6 nitrogen and oxygen atoms in total. The van der Waals surface area contributed by atoms with Crippen LogP contribution in [0.25, 0.3) is 0 Å². The van der Waals surface area contributed by atoms with Crippen LogP contribution in [0.4, 0.5) is 0 Å². The van der Waals surface area contributed by atoms with Crippen molar-refractivity contribution < 1.29 is 13.2 Å². The fourth-order valence-electron chi connectivity index (χ4n) is 4.02. The van der Waals surface area contributed by atoms with Crippen LogP contribution in [-0.2, 0) is 28.7 Å². The van der Waals surface area contributed by atoms with Crippen LogP contribution in [0.2, 0.25) is 5.02 Å². The highest BCUT2D eigenvalue weighted by Crippen LogP contribution is 2.31. The molecule has 1 saturated carbocycles. The van der Waals surface area contributed by atoms with Crippen molar-refractivity contribution in [2.75, 3.05) is 6.54 Å². The Kier molecular flexibility index (Phi) is 7.43. The van der Waals surface area contributed by atoms with Gasteiger partial charge in [0, 0.05) is 23.7 Å². The maximum absolute atomic E-state index is 13.4. The molecule has 0 unspecified atom stereocenters. The second-order valence-corrected chi connectivity index (χ2v) is 11.7. The van der Waals surface area contributed by atoms with E-state index in [2.05, 4.69) is 4.98 Å². The number of hydrogen-bond acceptors (Lipinski definition) is 4. The molecule has 0 N–H and O–H groups in total. The molecule has 1 heterocycles. The predicted molar refractivity (Wildman–Crippen MR) is 133 cm³/mol. The van der Waals surface area contributed by atoms with Crippen molar-refractivity contribution in [3.05, 3.63) is 82.6 Å². The first-order chi connectivity index (χ1) is 16.2. The van der Waals surface area contributed by atoms with Crippen LogP contribution >= 0.6 is 11.6 Å². The number of carbonyl (C=O) groups is 1. The molecule has 1 fully saturated rings. The fourth-order valence-corrected chi connectivity index (χ4v) is 5.71. The summed E-state index contributed by atoms with van der Waals surface area (Å²) in [6.07, 6.45) is 3.80. The molecule has 1 aliphatic rings. The highest BCUT2D eigenvalue weighted by atomic mass is 35.5. The Hall–Kier alpha value is -2.64. The Balaban J connectivity index is 1.65. The summed E-state index contributed by atoms with van der Waals surface area (Å²) in [4.78, 5) is 19.5. The number of halogens is 1. The van der Waals surface area contributed by atoms with Gasteiger partial charge in [0.15, 0.2) is 0 Å². The zero-order chi connectivity index (χ0) is 24.3. The van der Waals surface area contributed by atoms with Crippen molar-refractivity contribution in [2.45, 2.75) is 50.7 Å². The van der Waals surface area contributed by atoms with Gasteiger partial charge >= 0.3 is 0 Å². The molecule has 180 valence electrons.